The van der Waals surface area contributed by atoms with Crippen LogP contribution in [-0.2, 0) is 16.2 Å². The van der Waals surface area contributed by atoms with E-state index in [1.807, 2.05) is 0 Å². The second-order valence-electron chi connectivity index (χ2n) is 6.16. The third kappa shape index (κ3) is 6.25. The van der Waals surface area contributed by atoms with E-state index in [4.69, 9.17) is 4.74 Å². The summed E-state index contributed by atoms with van der Waals surface area (Å²) in [6, 6.07) is 11.6. The third-order valence-electron chi connectivity index (χ3n) is 3.80. The molecule has 0 spiro atoms. The summed E-state index contributed by atoms with van der Waals surface area (Å²) in [6.07, 6.45) is -4.34. The van der Waals surface area contributed by atoms with E-state index in [9.17, 15) is 21.6 Å². The van der Waals surface area contributed by atoms with E-state index in [-0.39, 0.29) is 17.9 Å². The summed E-state index contributed by atoms with van der Waals surface area (Å²) in [5, 5.41) is 0. The van der Waals surface area contributed by atoms with Crippen LogP contribution in [0.4, 0.5) is 13.2 Å². The first kappa shape index (κ1) is 21.2. The fourth-order valence-electron chi connectivity index (χ4n) is 2.55. The highest BCUT2D eigenvalue weighted by molar-refractivity contribution is 7.89. The van der Waals surface area contributed by atoms with Gasteiger partial charge in [0.2, 0.25) is 10.0 Å². The molecule has 2 rings (SSSR count). The van der Waals surface area contributed by atoms with Gasteiger partial charge in [0.1, 0.15) is 11.9 Å². The van der Waals surface area contributed by atoms with Crippen LogP contribution in [0.3, 0.4) is 0 Å². The second kappa shape index (κ2) is 8.75. The molecule has 0 aliphatic heterocycles. The number of hydrogen-bond donors (Lipinski definition) is 1. The smallest absolute Gasteiger partial charge is 0.417 e. The van der Waals surface area contributed by atoms with Crippen molar-refractivity contribution in [2.45, 2.75) is 32.5 Å². The van der Waals surface area contributed by atoms with Crippen molar-refractivity contribution in [2.75, 3.05) is 12.3 Å². The molecule has 0 aliphatic carbocycles. The van der Waals surface area contributed by atoms with Crippen molar-refractivity contribution in [1.29, 1.82) is 0 Å². The first-order chi connectivity index (χ1) is 12.6. The molecule has 1 unspecified atom stereocenters. The lowest BCUT2D eigenvalue weighted by atomic mass is 9.99. The van der Waals surface area contributed by atoms with Gasteiger partial charge in [-0.2, -0.15) is 13.2 Å². The summed E-state index contributed by atoms with van der Waals surface area (Å²) in [6.45, 7) is 3.60. The number of sulfonamides is 1. The molecule has 0 saturated heterocycles. The van der Waals surface area contributed by atoms with E-state index in [1.165, 1.54) is 12.1 Å². The maximum Gasteiger partial charge on any atom is 0.417 e. The van der Waals surface area contributed by atoms with Crippen LogP contribution in [0.1, 0.15) is 25.8 Å². The number of rotatable bonds is 8. The highest BCUT2D eigenvalue weighted by Crippen LogP contribution is 2.37. The van der Waals surface area contributed by atoms with Crippen LogP contribution in [0.5, 0.6) is 5.75 Å². The third-order valence-corrected chi connectivity index (χ3v) is 5.35. The zero-order chi connectivity index (χ0) is 20.1. The van der Waals surface area contributed by atoms with Gasteiger partial charge in [0, 0.05) is 6.54 Å². The van der Waals surface area contributed by atoms with Crippen LogP contribution < -0.4 is 9.46 Å². The van der Waals surface area contributed by atoms with Crippen LogP contribution in [0.15, 0.2) is 48.5 Å². The number of alkyl halides is 3. The van der Waals surface area contributed by atoms with E-state index >= 15 is 0 Å². The van der Waals surface area contributed by atoms with E-state index < -0.39 is 27.9 Å². The summed E-state index contributed by atoms with van der Waals surface area (Å²) in [4.78, 5) is 0. The van der Waals surface area contributed by atoms with Gasteiger partial charge in [-0.25, -0.2) is 13.1 Å². The minimum Gasteiger partial charge on any atom is -0.489 e. The van der Waals surface area contributed by atoms with Crippen molar-refractivity contribution < 1.29 is 26.3 Å². The van der Waals surface area contributed by atoms with Gasteiger partial charge in [-0.15, -0.1) is 0 Å². The van der Waals surface area contributed by atoms with E-state index in [0.29, 0.717) is 17.7 Å². The lowest BCUT2D eigenvalue weighted by Crippen LogP contribution is -2.34. The predicted octanol–water partition coefficient (Wildman–Crippen LogP) is 4.47. The molecule has 2 aromatic rings. The fourth-order valence-corrected chi connectivity index (χ4v) is 3.72. The molecule has 1 atom stereocenters. The molecule has 27 heavy (non-hydrogen) atoms. The molecule has 4 nitrogen and oxygen atoms in total. The number of halogens is 3. The zero-order valence-electron chi connectivity index (χ0n) is 15.1. The Hall–Kier alpha value is -2.06. The van der Waals surface area contributed by atoms with E-state index in [0.717, 1.165) is 6.07 Å². The monoisotopic (exact) mass is 401 g/mol. The van der Waals surface area contributed by atoms with Crippen LogP contribution in [0.2, 0.25) is 0 Å². The van der Waals surface area contributed by atoms with E-state index in [1.54, 1.807) is 44.2 Å². The molecule has 0 bridgehead atoms. The summed E-state index contributed by atoms with van der Waals surface area (Å²) < 4.78 is 70.8. The Balaban J connectivity index is 2.06. The average Bonchev–Trinajstić information content (AvgIpc) is 2.60. The lowest BCUT2D eigenvalue weighted by molar-refractivity contribution is -0.137. The van der Waals surface area contributed by atoms with E-state index in [2.05, 4.69) is 4.72 Å². The Morgan fingerprint density at radius 2 is 1.70 bits per heavy atom. The Bertz CT molecular complexity index is 849. The van der Waals surface area contributed by atoms with Gasteiger partial charge >= 0.3 is 6.18 Å². The molecule has 0 aliphatic rings. The maximum absolute atomic E-state index is 13.1. The first-order valence-corrected chi connectivity index (χ1v) is 10.2. The Labute approximate surface area is 157 Å². The van der Waals surface area contributed by atoms with Gasteiger partial charge in [-0.1, -0.05) is 37.3 Å². The van der Waals surface area contributed by atoms with Crippen molar-refractivity contribution in [3.63, 3.8) is 0 Å². The van der Waals surface area contributed by atoms with Crippen molar-refractivity contribution in [2.24, 2.45) is 0 Å². The van der Waals surface area contributed by atoms with Crippen LogP contribution in [-0.4, -0.2) is 26.8 Å². The van der Waals surface area contributed by atoms with Gasteiger partial charge in [-0.3, -0.25) is 0 Å². The SMILES string of the molecule is CCCS(=O)(=O)NCC(C)Oc1ccc(-c2ccccc2C(F)(F)F)cc1. The van der Waals surface area contributed by atoms with Gasteiger partial charge in [0.15, 0.2) is 0 Å². The highest BCUT2D eigenvalue weighted by Gasteiger charge is 2.33. The molecule has 0 fully saturated rings. The molecule has 8 heteroatoms. The number of benzene rings is 2. The largest absolute Gasteiger partial charge is 0.489 e. The fraction of sp³-hybridized carbons (Fsp3) is 0.368. The molecule has 148 valence electrons. The second-order valence-corrected chi connectivity index (χ2v) is 8.09. The maximum atomic E-state index is 13.1. The summed E-state index contributed by atoms with van der Waals surface area (Å²) in [5.74, 6) is 0.498. The molecule has 2 aromatic carbocycles. The summed E-state index contributed by atoms with van der Waals surface area (Å²) in [7, 11) is -3.32. The van der Waals surface area contributed by atoms with Crippen LogP contribution >= 0.6 is 0 Å². The van der Waals surface area contributed by atoms with Gasteiger partial charge < -0.3 is 4.74 Å². The van der Waals surface area contributed by atoms with Crippen molar-refractivity contribution >= 4 is 10.0 Å². The molecule has 0 amide bonds. The minimum atomic E-state index is -4.43. The normalized spacial score (nSPS) is 13.4. The molecule has 0 aromatic heterocycles. The van der Waals surface area contributed by atoms with Crippen molar-refractivity contribution in [3.05, 3.63) is 54.1 Å². The molecular formula is C19H22F3NO3S. The number of nitrogens with one attached hydrogen (secondary N) is 1. The van der Waals surface area contributed by atoms with Gasteiger partial charge in [-0.05, 0) is 42.7 Å². The standard InChI is InChI=1S/C19H22F3NO3S/c1-3-12-27(24,25)23-13-14(2)26-16-10-8-15(9-11-16)17-6-4-5-7-18(17)19(20,21)22/h4-11,14,23H,3,12-13H2,1-2H3. The van der Waals surface area contributed by atoms with Crippen molar-refractivity contribution in [3.8, 4) is 16.9 Å². The van der Waals surface area contributed by atoms with Crippen LogP contribution in [0.25, 0.3) is 11.1 Å². The zero-order valence-corrected chi connectivity index (χ0v) is 15.9. The average molecular weight is 401 g/mol. The van der Waals surface area contributed by atoms with Gasteiger partial charge in [0.25, 0.3) is 0 Å². The first-order valence-electron chi connectivity index (χ1n) is 8.53. The Kier molecular flexibility index (Phi) is 6.89. The predicted molar refractivity (Wildman–Crippen MR) is 99.1 cm³/mol. The molecule has 0 heterocycles. The van der Waals surface area contributed by atoms with Gasteiger partial charge in [0.05, 0.1) is 11.3 Å². The minimum absolute atomic E-state index is 0.0486. The number of hydrogen-bond acceptors (Lipinski definition) is 3. The summed E-state index contributed by atoms with van der Waals surface area (Å²) in [5.41, 5.74) is -0.180. The van der Waals surface area contributed by atoms with Crippen molar-refractivity contribution in [1.82, 2.24) is 4.72 Å². The van der Waals surface area contributed by atoms with Crippen LogP contribution in [0, 0.1) is 0 Å². The Morgan fingerprint density at radius 3 is 2.30 bits per heavy atom. The molecular weight excluding hydrogens is 379 g/mol. The molecule has 0 radical (unpaired) electrons. The number of ether oxygens (including phenoxy) is 1. The lowest BCUT2D eigenvalue weighted by Gasteiger charge is -2.16. The summed E-state index contributed by atoms with van der Waals surface area (Å²) >= 11 is 0. The Morgan fingerprint density at radius 1 is 1.07 bits per heavy atom. The topological polar surface area (TPSA) is 55.4 Å². The molecule has 1 N–H and O–H groups in total. The quantitative estimate of drug-likeness (QED) is 0.710. The molecule has 0 saturated carbocycles. The highest BCUT2D eigenvalue weighted by atomic mass is 32.2.